The zero-order chi connectivity index (χ0) is 20.0. The Labute approximate surface area is 163 Å². The minimum atomic E-state index is -0.499. The van der Waals surface area contributed by atoms with Crippen molar-refractivity contribution in [3.63, 3.8) is 0 Å². The maximum atomic E-state index is 12.5. The van der Waals surface area contributed by atoms with Crippen molar-refractivity contribution in [2.45, 2.75) is 46.1 Å². The van der Waals surface area contributed by atoms with Gasteiger partial charge < -0.3 is 14.5 Å². The van der Waals surface area contributed by atoms with Gasteiger partial charge in [0.05, 0.1) is 0 Å². The van der Waals surface area contributed by atoms with Crippen molar-refractivity contribution >= 4 is 18.1 Å². The minimum Gasteiger partial charge on any atom is -0.444 e. The average Bonchev–Trinajstić information content (AvgIpc) is 2.59. The van der Waals surface area contributed by atoms with E-state index in [-0.39, 0.29) is 17.9 Å². The van der Waals surface area contributed by atoms with Gasteiger partial charge in [0.2, 0.25) is 5.91 Å². The molecule has 0 aromatic heterocycles. The summed E-state index contributed by atoms with van der Waals surface area (Å²) >= 11 is 0. The lowest BCUT2D eigenvalue weighted by Crippen LogP contribution is -2.44. The lowest BCUT2D eigenvalue weighted by atomic mass is 9.97. The Morgan fingerprint density at radius 3 is 2.56 bits per heavy atom. The van der Waals surface area contributed by atoms with Crippen molar-refractivity contribution in [2.24, 2.45) is 5.92 Å². The second kappa shape index (κ2) is 9.07. The zero-order valence-electron chi connectivity index (χ0n) is 17.2. The van der Waals surface area contributed by atoms with E-state index in [1.807, 2.05) is 62.9 Å². The summed E-state index contributed by atoms with van der Waals surface area (Å²) in [4.78, 5) is 28.2. The molecule has 0 spiro atoms. The summed E-state index contributed by atoms with van der Waals surface area (Å²) in [5, 5.41) is 0. The summed E-state index contributed by atoms with van der Waals surface area (Å²) in [6.07, 6.45) is 5.16. The van der Waals surface area contributed by atoms with E-state index in [9.17, 15) is 9.59 Å². The number of nitrogens with zero attached hydrogens (tertiary/aromatic N) is 2. The Bertz CT molecular complexity index is 674. The van der Waals surface area contributed by atoms with Crippen molar-refractivity contribution in [3.8, 4) is 0 Å². The molecule has 1 aromatic rings. The van der Waals surface area contributed by atoms with Gasteiger partial charge in [0.25, 0.3) is 0 Å². The van der Waals surface area contributed by atoms with E-state index in [2.05, 4.69) is 0 Å². The molecule has 1 aromatic carbocycles. The number of piperidine rings is 1. The minimum absolute atomic E-state index is 0.0280. The topological polar surface area (TPSA) is 49.9 Å². The molecule has 0 N–H and O–H groups in total. The van der Waals surface area contributed by atoms with Gasteiger partial charge in [-0.1, -0.05) is 29.8 Å². The first-order valence-corrected chi connectivity index (χ1v) is 9.62. The van der Waals surface area contributed by atoms with Crippen LogP contribution in [0.5, 0.6) is 0 Å². The molecule has 1 unspecified atom stereocenters. The molecule has 0 aliphatic carbocycles. The first-order valence-electron chi connectivity index (χ1n) is 9.62. The van der Waals surface area contributed by atoms with Crippen LogP contribution in [0.25, 0.3) is 6.08 Å². The highest BCUT2D eigenvalue weighted by atomic mass is 16.6. The van der Waals surface area contributed by atoms with Gasteiger partial charge in [0.1, 0.15) is 5.60 Å². The fourth-order valence-electron chi connectivity index (χ4n) is 3.17. The van der Waals surface area contributed by atoms with Crippen LogP contribution in [0.15, 0.2) is 30.3 Å². The molecule has 2 rings (SSSR count). The summed E-state index contributed by atoms with van der Waals surface area (Å²) < 4.78 is 5.41. The van der Waals surface area contributed by atoms with Crippen LogP contribution in [0.2, 0.25) is 0 Å². The Hall–Kier alpha value is -2.30. The van der Waals surface area contributed by atoms with Gasteiger partial charge in [0.15, 0.2) is 0 Å². The summed E-state index contributed by atoms with van der Waals surface area (Å²) in [7, 11) is 1.76. The van der Waals surface area contributed by atoms with E-state index in [0.717, 1.165) is 24.9 Å². The van der Waals surface area contributed by atoms with E-state index < -0.39 is 5.60 Å². The number of likely N-dealkylation sites (tertiary alicyclic amines) is 1. The Morgan fingerprint density at radius 1 is 1.26 bits per heavy atom. The van der Waals surface area contributed by atoms with Gasteiger partial charge in [-0.2, -0.15) is 0 Å². The van der Waals surface area contributed by atoms with E-state index in [4.69, 9.17) is 4.74 Å². The molecule has 5 heteroatoms. The normalized spacial score (nSPS) is 17.8. The van der Waals surface area contributed by atoms with Gasteiger partial charge in [-0.05, 0) is 58.1 Å². The Kier molecular flexibility index (Phi) is 7.05. The molecule has 1 fully saturated rings. The smallest absolute Gasteiger partial charge is 0.410 e. The number of aryl methyl sites for hydroxylation is 1. The molecule has 0 radical (unpaired) electrons. The molecule has 5 nitrogen and oxygen atoms in total. The third kappa shape index (κ3) is 7.08. The third-order valence-corrected chi connectivity index (χ3v) is 4.56. The molecule has 0 bridgehead atoms. The quantitative estimate of drug-likeness (QED) is 0.747. The highest BCUT2D eigenvalue weighted by Crippen LogP contribution is 2.19. The van der Waals surface area contributed by atoms with Gasteiger partial charge >= 0.3 is 6.09 Å². The molecule has 2 amide bonds. The van der Waals surface area contributed by atoms with Crippen molar-refractivity contribution < 1.29 is 14.3 Å². The van der Waals surface area contributed by atoms with Crippen LogP contribution in [0, 0.1) is 12.8 Å². The standard InChI is InChI=1S/C22H32N2O3/c1-17-8-10-18(11-9-17)12-13-20(25)24-14-6-7-19(16-24)15-23(5)21(26)27-22(2,3)4/h8-13,19H,6-7,14-16H2,1-5H3. The number of benzene rings is 1. The van der Waals surface area contributed by atoms with Crippen molar-refractivity contribution in [1.29, 1.82) is 0 Å². The van der Waals surface area contributed by atoms with Gasteiger partial charge in [0, 0.05) is 32.8 Å². The van der Waals surface area contributed by atoms with Crippen molar-refractivity contribution in [3.05, 3.63) is 41.5 Å². The van der Waals surface area contributed by atoms with Gasteiger partial charge in [-0.25, -0.2) is 4.79 Å². The number of hydrogen-bond donors (Lipinski definition) is 0. The highest BCUT2D eigenvalue weighted by Gasteiger charge is 2.26. The molecule has 148 valence electrons. The van der Waals surface area contributed by atoms with Crippen LogP contribution in [-0.2, 0) is 9.53 Å². The molecular weight excluding hydrogens is 340 g/mol. The van der Waals surface area contributed by atoms with Gasteiger partial charge in [-0.3, -0.25) is 4.79 Å². The van der Waals surface area contributed by atoms with Crippen LogP contribution in [0.3, 0.4) is 0 Å². The van der Waals surface area contributed by atoms with Crippen LogP contribution >= 0.6 is 0 Å². The predicted octanol–water partition coefficient (Wildman–Crippen LogP) is 4.11. The number of amides is 2. The van der Waals surface area contributed by atoms with Crippen LogP contribution < -0.4 is 0 Å². The highest BCUT2D eigenvalue weighted by molar-refractivity contribution is 5.91. The van der Waals surface area contributed by atoms with Crippen LogP contribution in [-0.4, -0.2) is 54.1 Å². The molecule has 1 atom stereocenters. The number of carbonyl (C=O) groups is 2. The Morgan fingerprint density at radius 2 is 1.93 bits per heavy atom. The van der Waals surface area contributed by atoms with Crippen molar-refractivity contribution in [1.82, 2.24) is 9.80 Å². The Balaban J connectivity index is 1.88. The molecule has 1 aliphatic rings. The third-order valence-electron chi connectivity index (χ3n) is 4.56. The summed E-state index contributed by atoms with van der Waals surface area (Å²) in [6, 6.07) is 8.09. The van der Waals surface area contributed by atoms with E-state index in [0.29, 0.717) is 13.1 Å². The lowest BCUT2D eigenvalue weighted by Gasteiger charge is -2.34. The maximum Gasteiger partial charge on any atom is 0.410 e. The summed E-state index contributed by atoms with van der Waals surface area (Å²) in [5.41, 5.74) is 1.72. The second-order valence-corrected chi connectivity index (χ2v) is 8.40. The van der Waals surface area contributed by atoms with E-state index >= 15 is 0 Å². The zero-order valence-corrected chi connectivity index (χ0v) is 17.2. The van der Waals surface area contributed by atoms with Crippen LogP contribution in [0.4, 0.5) is 4.79 Å². The molecular formula is C22H32N2O3. The monoisotopic (exact) mass is 372 g/mol. The van der Waals surface area contributed by atoms with E-state index in [1.165, 1.54) is 5.56 Å². The fourth-order valence-corrected chi connectivity index (χ4v) is 3.17. The second-order valence-electron chi connectivity index (χ2n) is 8.40. The molecule has 1 aliphatic heterocycles. The first-order chi connectivity index (χ1) is 12.6. The SMILES string of the molecule is Cc1ccc(C=CC(=O)N2CCCC(CN(C)C(=O)OC(C)(C)C)C2)cc1. The molecule has 1 heterocycles. The average molecular weight is 373 g/mol. The van der Waals surface area contributed by atoms with Crippen LogP contribution in [0.1, 0.15) is 44.7 Å². The maximum absolute atomic E-state index is 12.5. The van der Waals surface area contributed by atoms with Gasteiger partial charge in [-0.15, -0.1) is 0 Å². The fraction of sp³-hybridized carbons (Fsp3) is 0.545. The lowest BCUT2D eigenvalue weighted by molar-refractivity contribution is -0.127. The number of hydrogen-bond acceptors (Lipinski definition) is 3. The predicted molar refractivity (Wildman–Crippen MR) is 108 cm³/mol. The number of rotatable bonds is 4. The largest absolute Gasteiger partial charge is 0.444 e. The van der Waals surface area contributed by atoms with E-state index in [1.54, 1.807) is 18.0 Å². The molecule has 27 heavy (non-hydrogen) atoms. The summed E-state index contributed by atoms with van der Waals surface area (Å²) in [5.74, 6) is 0.299. The van der Waals surface area contributed by atoms with Crippen molar-refractivity contribution in [2.75, 3.05) is 26.7 Å². The molecule has 1 saturated heterocycles. The first kappa shape index (κ1) is 21.0. The molecule has 0 saturated carbocycles. The number of ether oxygens (including phenoxy) is 1. The number of carbonyl (C=O) groups excluding carboxylic acids is 2. The summed E-state index contributed by atoms with van der Waals surface area (Å²) in [6.45, 7) is 9.66.